The molecule has 4 heterocycles. The van der Waals surface area contributed by atoms with Crippen molar-refractivity contribution in [3.63, 3.8) is 0 Å². The molecule has 104 heavy (non-hydrogen) atoms. The van der Waals surface area contributed by atoms with Crippen molar-refractivity contribution < 1.29 is 0 Å². The monoisotopic (exact) mass is 1310 g/mol. The Morgan fingerprint density at radius 3 is 0.760 bits per heavy atom. The minimum Gasteiger partial charge on any atom is -0.308 e. The standard InChI is InChI=1S/C96H50N8/c97-51-65-27-28-66(52-98)96(95(65)103-81-43-33-58-16-4-10-22-72(58)90(81)91-73-23-11-5-17-59(73)34-44-82(91)103)104-83-45-35-60-18-6-12-24-74(60)92(83)93-75-38-29-62(47-64(75)37-46-84(93)104)63-26-25-61-36-42-80-94(76(61)49-63)89-71-21-9-3-15-57(71)32-41-79(89)102(80)86-50-85(67(53-99)48-68(86)54-100)101-77-39-30-55-13-1-7-19-69(55)87(77)88-70-20-8-2-14-56(70)31-40-78(88)101/h1-50H. The van der Waals surface area contributed by atoms with E-state index in [-0.39, 0.29) is 0 Å². The summed E-state index contributed by atoms with van der Waals surface area (Å²) in [4.78, 5) is 0. The minimum absolute atomic E-state index is 0.386. The van der Waals surface area contributed by atoms with Gasteiger partial charge in [0.15, 0.2) is 0 Å². The SMILES string of the molecule is N#Cc1cc(C#N)c(-n2c3ccc4ccccc4c3c3c4cc(-c5ccc6c(ccc7c6c6c8ccccc8ccc6n7-c6c(C#N)ccc(C#N)c6-n6c7ccc8ccccc8c7c7c8ccccc8ccc76)c5)ccc4ccc32)cc1-n1c2ccc3ccccc3c2c2c3ccccc3ccc21. The Kier molecular flexibility index (Phi) is 11.7. The topological polar surface area (TPSA) is 115 Å². The molecule has 0 spiro atoms. The Hall–Kier alpha value is -14.8. The molecule has 4 aromatic heterocycles. The molecule has 0 bridgehead atoms. The molecule has 22 rings (SSSR count). The van der Waals surface area contributed by atoms with Crippen LogP contribution in [0.4, 0.5) is 0 Å². The molecule has 0 radical (unpaired) electrons. The molecule has 0 saturated heterocycles. The molecule has 474 valence electrons. The van der Waals surface area contributed by atoms with E-state index in [9.17, 15) is 21.0 Å². The van der Waals surface area contributed by atoms with Crippen molar-refractivity contribution in [2.75, 3.05) is 0 Å². The summed E-state index contributed by atoms with van der Waals surface area (Å²) >= 11 is 0. The van der Waals surface area contributed by atoms with E-state index in [0.717, 1.165) is 185 Å². The number of benzene rings is 18. The van der Waals surface area contributed by atoms with Gasteiger partial charge in [0.2, 0.25) is 0 Å². The Balaban J connectivity index is 0.768. The van der Waals surface area contributed by atoms with Gasteiger partial charge in [0.05, 0.1) is 89.1 Å². The average Bonchev–Trinajstić information content (AvgIpc) is 1.49. The van der Waals surface area contributed by atoms with Gasteiger partial charge in [0.25, 0.3) is 0 Å². The second-order valence-corrected chi connectivity index (χ2v) is 27.4. The minimum atomic E-state index is 0.386. The molecule has 0 aliphatic rings. The van der Waals surface area contributed by atoms with Crippen LogP contribution in [0.1, 0.15) is 22.3 Å². The van der Waals surface area contributed by atoms with E-state index in [0.29, 0.717) is 45.0 Å². The van der Waals surface area contributed by atoms with Gasteiger partial charge in [-0.05, 0) is 182 Å². The Bertz CT molecular complexity index is 7730. The summed E-state index contributed by atoms with van der Waals surface area (Å²) in [6.45, 7) is 0. The van der Waals surface area contributed by atoms with Crippen LogP contribution in [0.25, 0.3) is 207 Å². The first-order valence-corrected chi connectivity index (χ1v) is 34.9. The highest BCUT2D eigenvalue weighted by Crippen LogP contribution is 2.50. The van der Waals surface area contributed by atoms with Crippen molar-refractivity contribution in [2.24, 2.45) is 0 Å². The second kappa shape index (κ2) is 21.4. The summed E-state index contributed by atoms with van der Waals surface area (Å²) in [6, 6.07) is 117. The van der Waals surface area contributed by atoms with Gasteiger partial charge >= 0.3 is 0 Å². The van der Waals surface area contributed by atoms with Gasteiger partial charge in [-0.3, -0.25) is 0 Å². The summed E-state index contributed by atoms with van der Waals surface area (Å²) in [5.74, 6) is 0. The quantitative estimate of drug-likeness (QED) is 0.171. The lowest BCUT2D eigenvalue weighted by Gasteiger charge is -2.19. The Morgan fingerprint density at radius 2 is 0.433 bits per heavy atom. The first-order valence-electron chi connectivity index (χ1n) is 34.9. The number of aromatic nitrogens is 4. The summed E-state index contributed by atoms with van der Waals surface area (Å²) in [5, 5.41) is 71.8. The Morgan fingerprint density at radius 1 is 0.183 bits per heavy atom. The normalized spacial score (nSPS) is 12.0. The van der Waals surface area contributed by atoms with Gasteiger partial charge in [0, 0.05) is 43.1 Å². The lowest BCUT2D eigenvalue weighted by atomic mass is 9.94. The van der Waals surface area contributed by atoms with Crippen LogP contribution in [0.15, 0.2) is 303 Å². The number of rotatable bonds is 5. The molecule has 0 amide bonds. The number of fused-ring (bicyclic) bond motifs is 28. The zero-order chi connectivity index (χ0) is 68.7. The molecule has 0 saturated carbocycles. The zero-order valence-corrected chi connectivity index (χ0v) is 55.4. The van der Waals surface area contributed by atoms with Crippen molar-refractivity contribution in [1.82, 2.24) is 18.3 Å². The van der Waals surface area contributed by atoms with Gasteiger partial charge < -0.3 is 18.3 Å². The third kappa shape index (κ3) is 7.69. The molecule has 0 atom stereocenters. The summed E-state index contributed by atoms with van der Waals surface area (Å²) in [7, 11) is 0. The molecule has 0 fully saturated rings. The number of hydrogen-bond acceptors (Lipinski definition) is 4. The lowest BCUT2D eigenvalue weighted by Crippen LogP contribution is -2.08. The van der Waals surface area contributed by atoms with Gasteiger partial charge in [-0.2, -0.15) is 21.0 Å². The largest absolute Gasteiger partial charge is 0.308 e. The van der Waals surface area contributed by atoms with E-state index in [1.165, 1.54) is 0 Å². The summed E-state index contributed by atoms with van der Waals surface area (Å²) in [5.41, 5.74) is 13.9. The predicted octanol–water partition coefficient (Wildman–Crippen LogP) is 24.5. The number of nitriles is 4. The van der Waals surface area contributed by atoms with Crippen molar-refractivity contribution in [1.29, 1.82) is 21.0 Å². The maximum absolute atomic E-state index is 11.5. The molecule has 22 aromatic rings. The van der Waals surface area contributed by atoms with E-state index in [4.69, 9.17) is 0 Å². The summed E-state index contributed by atoms with van der Waals surface area (Å²) in [6.07, 6.45) is 0. The van der Waals surface area contributed by atoms with Crippen LogP contribution < -0.4 is 0 Å². The van der Waals surface area contributed by atoms with Crippen molar-refractivity contribution in [3.05, 3.63) is 326 Å². The Labute approximate surface area is 592 Å². The zero-order valence-electron chi connectivity index (χ0n) is 55.4. The van der Waals surface area contributed by atoms with E-state index < -0.39 is 0 Å². The van der Waals surface area contributed by atoms with Crippen LogP contribution in [0.3, 0.4) is 0 Å². The molecular formula is C96H50N8. The average molecular weight is 1320 g/mol. The first-order chi connectivity index (χ1) is 51.4. The van der Waals surface area contributed by atoms with Crippen LogP contribution in [-0.4, -0.2) is 18.3 Å². The van der Waals surface area contributed by atoms with Crippen LogP contribution in [0.5, 0.6) is 0 Å². The maximum atomic E-state index is 11.5. The summed E-state index contributed by atoms with van der Waals surface area (Å²) < 4.78 is 8.97. The smallest absolute Gasteiger partial charge is 0.101 e. The second-order valence-electron chi connectivity index (χ2n) is 27.4. The fourth-order valence-electron chi connectivity index (χ4n) is 18.0. The number of hydrogen-bond donors (Lipinski definition) is 0. The highest BCUT2D eigenvalue weighted by molar-refractivity contribution is 6.33. The molecule has 0 aliphatic carbocycles. The van der Waals surface area contributed by atoms with E-state index in [1.54, 1.807) is 12.1 Å². The van der Waals surface area contributed by atoms with Crippen LogP contribution >= 0.6 is 0 Å². The van der Waals surface area contributed by atoms with Crippen LogP contribution in [0, 0.1) is 45.3 Å². The van der Waals surface area contributed by atoms with Gasteiger partial charge in [0.1, 0.15) is 24.3 Å². The highest BCUT2D eigenvalue weighted by atomic mass is 15.1. The van der Waals surface area contributed by atoms with Crippen molar-refractivity contribution >= 4 is 173 Å². The molecule has 0 N–H and O–H groups in total. The first kappa shape index (κ1) is 57.1. The molecule has 0 unspecified atom stereocenters. The lowest BCUT2D eigenvalue weighted by molar-refractivity contribution is 1.08. The van der Waals surface area contributed by atoms with Gasteiger partial charge in [-0.1, -0.05) is 218 Å². The molecule has 0 aliphatic heterocycles. The van der Waals surface area contributed by atoms with Crippen LogP contribution in [-0.2, 0) is 0 Å². The van der Waals surface area contributed by atoms with Crippen LogP contribution in [0.2, 0.25) is 0 Å². The van der Waals surface area contributed by atoms with Gasteiger partial charge in [-0.25, -0.2) is 0 Å². The van der Waals surface area contributed by atoms with Crippen molar-refractivity contribution in [3.8, 4) is 58.2 Å². The number of nitrogens with zero attached hydrogens (tertiary/aromatic N) is 8. The highest BCUT2D eigenvalue weighted by Gasteiger charge is 2.29. The molecule has 18 aromatic carbocycles. The molecule has 8 heteroatoms. The maximum Gasteiger partial charge on any atom is 0.101 e. The fraction of sp³-hybridized carbons (Fsp3) is 0. The van der Waals surface area contributed by atoms with E-state index in [1.807, 2.05) is 6.07 Å². The predicted molar refractivity (Wildman–Crippen MR) is 428 cm³/mol. The fourth-order valence-corrected chi connectivity index (χ4v) is 18.0. The molecular weight excluding hydrogens is 1270 g/mol. The van der Waals surface area contributed by atoms with E-state index >= 15 is 0 Å². The third-order valence-corrected chi connectivity index (χ3v) is 22.4. The molecule has 8 nitrogen and oxygen atoms in total. The van der Waals surface area contributed by atoms with Gasteiger partial charge in [-0.15, -0.1) is 0 Å². The third-order valence-electron chi connectivity index (χ3n) is 22.4. The van der Waals surface area contributed by atoms with Crippen molar-refractivity contribution in [2.45, 2.75) is 0 Å². The van der Waals surface area contributed by atoms with E-state index in [2.05, 4.69) is 328 Å².